The van der Waals surface area contributed by atoms with Crippen molar-refractivity contribution in [2.45, 2.75) is 38.8 Å². The lowest BCUT2D eigenvalue weighted by molar-refractivity contribution is -0.132. The maximum Gasteiger partial charge on any atom is 0.239 e. The zero-order valence-electron chi connectivity index (χ0n) is 12.6. The third-order valence-corrected chi connectivity index (χ3v) is 4.32. The fourth-order valence-corrected chi connectivity index (χ4v) is 3.18. The molecule has 0 aromatic carbocycles. The number of rotatable bonds is 4. The monoisotopic (exact) mass is 305 g/mol. The number of carbonyl (C=O) groups excluding carboxylic acids is 1. The van der Waals surface area contributed by atoms with E-state index in [-0.39, 0.29) is 24.4 Å². The Balaban J connectivity index is 0.00000200. The summed E-state index contributed by atoms with van der Waals surface area (Å²) in [4.78, 5) is 16.7. The minimum Gasteiger partial charge on any atom is -0.379 e. The van der Waals surface area contributed by atoms with Crippen LogP contribution in [-0.2, 0) is 9.53 Å². The lowest BCUT2D eigenvalue weighted by Crippen LogP contribution is -2.48. The summed E-state index contributed by atoms with van der Waals surface area (Å²) >= 11 is 0. The van der Waals surface area contributed by atoms with Gasteiger partial charge < -0.3 is 15.4 Å². The van der Waals surface area contributed by atoms with Crippen LogP contribution in [-0.4, -0.2) is 67.2 Å². The smallest absolute Gasteiger partial charge is 0.239 e. The third-order valence-electron chi connectivity index (χ3n) is 4.32. The van der Waals surface area contributed by atoms with Crippen molar-refractivity contribution >= 4 is 18.3 Å². The van der Waals surface area contributed by atoms with Gasteiger partial charge in [0.25, 0.3) is 0 Å². The standard InChI is InChI=1S/C14H27N3O2.ClH/c1-3-4-12(15)14(18)17-9-11(2)13(10-17)16-5-7-19-8-6-16;/h11-13H,3-10,15H2,1-2H3;1H. The molecule has 2 heterocycles. The summed E-state index contributed by atoms with van der Waals surface area (Å²) in [6.45, 7) is 9.57. The second-order valence-electron chi connectivity index (χ2n) is 5.83. The number of likely N-dealkylation sites (tertiary alicyclic amines) is 1. The van der Waals surface area contributed by atoms with Crippen LogP contribution in [0.25, 0.3) is 0 Å². The Kier molecular flexibility index (Phi) is 7.23. The number of carbonyl (C=O) groups is 1. The van der Waals surface area contributed by atoms with Crippen LogP contribution in [0.15, 0.2) is 0 Å². The van der Waals surface area contributed by atoms with Gasteiger partial charge in [-0.2, -0.15) is 0 Å². The fraction of sp³-hybridized carbons (Fsp3) is 0.929. The van der Waals surface area contributed by atoms with Crippen LogP contribution in [0.5, 0.6) is 0 Å². The van der Waals surface area contributed by atoms with E-state index in [1.54, 1.807) is 0 Å². The van der Waals surface area contributed by atoms with E-state index in [1.807, 2.05) is 4.90 Å². The fourth-order valence-electron chi connectivity index (χ4n) is 3.18. The van der Waals surface area contributed by atoms with Gasteiger partial charge in [-0.05, 0) is 12.3 Å². The first-order chi connectivity index (χ1) is 9.13. The minimum atomic E-state index is -0.319. The van der Waals surface area contributed by atoms with E-state index in [0.717, 1.165) is 52.2 Å². The SMILES string of the molecule is CCCC(N)C(=O)N1CC(C)C(N2CCOCC2)C1.Cl. The lowest BCUT2D eigenvalue weighted by atomic mass is 10.0. The molecule has 2 aliphatic rings. The van der Waals surface area contributed by atoms with Gasteiger partial charge in [0, 0.05) is 32.2 Å². The van der Waals surface area contributed by atoms with Gasteiger partial charge in [-0.1, -0.05) is 20.3 Å². The molecule has 2 fully saturated rings. The summed E-state index contributed by atoms with van der Waals surface area (Å²) in [7, 11) is 0. The largest absolute Gasteiger partial charge is 0.379 e. The molecule has 2 saturated heterocycles. The second kappa shape index (κ2) is 8.17. The molecule has 2 aliphatic heterocycles. The van der Waals surface area contributed by atoms with Crippen molar-refractivity contribution in [3.63, 3.8) is 0 Å². The predicted molar refractivity (Wildman–Crippen MR) is 82.1 cm³/mol. The van der Waals surface area contributed by atoms with Crippen molar-refractivity contribution < 1.29 is 9.53 Å². The van der Waals surface area contributed by atoms with Crippen molar-refractivity contribution in [1.29, 1.82) is 0 Å². The van der Waals surface area contributed by atoms with Crippen molar-refractivity contribution in [3.05, 3.63) is 0 Å². The molecule has 0 saturated carbocycles. The van der Waals surface area contributed by atoms with Gasteiger partial charge in [0.1, 0.15) is 0 Å². The molecule has 0 aromatic heterocycles. The van der Waals surface area contributed by atoms with Gasteiger partial charge in [-0.3, -0.25) is 9.69 Å². The highest BCUT2D eigenvalue weighted by Gasteiger charge is 2.37. The van der Waals surface area contributed by atoms with Crippen LogP contribution in [0, 0.1) is 5.92 Å². The number of ether oxygens (including phenoxy) is 1. The number of nitrogens with zero attached hydrogens (tertiary/aromatic N) is 2. The normalized spacial score (nSPS) is 29.1. The highest BCUT2D eigenvalue weighted by atomic mass is 35.5. The Morgan fingerprint density at radius 3 is 2.60 bits per heavy atom. The van der Waals surface area contributed by atoms with Crippen LogP contribution in [0.4, 0.5) is 0 Å². The molecule has 0 radical (unpaired) electrons. The van der Waals surface area contributed by atoms with Gasteiger partial charge in [-0.15, -0.1) is 12.4 Å². The van der Waals surface area contributed by atoms with Gasteiger partial charge in [0.15, 0.2) is 0 Å². The average Bonchev–Trinajstić information content (AvgIpc) is 2.81. The van der Waals surface area contributed by atoms with Gasteiger partial charge in [0.2, 0.25) is 5.91 Å². The first kappa shape index (κ1) is 17.7. The molecule has 3 atom stereocenters. The van der Waals surface area contributed by atoms with Crippen LogP contribution in [0.1, 0.15) is 26.7 Å². The summed E-state index contributed by atoms with van der Waals surface area (Å²) in [6.07, 6.45) is 1.75. The molecule has 3 unspecified atom stereocenters. The van der Waals surface area contributed by atoms with Crippen LogP contribution in [0.3, 0.4) is 0 Å². The van der Waals surface area contributed by atoms with Crippen molar-refractivity contribution in [1.82, 2.24) is 9.80 Å². The maximum atomic E-state index is 12.3. The average molecular weight is 306 g/mol. The van der Waals surface area contributed by atoms with Crippen molar-refractivity contribution in [2.75, 3.05) is 39.4 Å². The molecule has 20 heavy (non-hydrogen) atoms. The molecule has 0 aliphatic carbocycles. The number of nitrogens with two attached hydrogens (primary N) is 1. The molecule has 1 amide bonds. The van der Waals surface area contributed by atoms with Crippen LogP contribution in [0.2, 0.25) is 0 Å². The molecular formula is C14H28ClN3O2. The topological polar surface area (TPSA) is 58.8 Å². The summed E-state index contributed by atoms with van der Waals surface area (Å²) in [5.74, 6) is 0.653. The van der Waals surface area contributed by atoms with Crippen molar-refractivity contribution in [3.8, 4) is 0 Å². The van der Waals surface area contributed by atoms with E-state index >= 15 is 0 Å². The third kappa shape index (κ3) is 4.07. The van der Waals surface area contributed by atoms with E-state index in [4.69, 9.17) is 10.5 Å². The molecule has 6 heteroatoms. The predicted octanol–water partition coefficient (Wildman–Crippen LogP) is 0.715. The lowest BCUT2D eigenvalue weighted by Gasteiger charge is -2.34. The summed E-state index contributed by atoms with van der Waals surface area (Å²) < 4.78 is 5.40. The molecule has 0 spiro atoms. The summed E-state index contributed by atoms with van der Waals surface area (Å²) in [5.41, 5.74) is 5.95. The van der Waals surface area contributed by atoms with Crippen LogP contribution < -0.4 is 5.73 Å². The van der Waals surface area contributed by atoms with E-state index in [2.05, 4.69) is 18.7 Å². The quantitative estimate of drug-likeness (QED) is 0.831. The zero-order chi connectivity index (χ0) is 13.8. The number of hydrogen-bond donors (Lipinski definition) is 1. The number of amides is 1. The molecule has 5 nitrogen and oxygen atoms in total. The molecule has 0 aromatic rings. The maximum absolute atomic E-state index is 12.3. The Hall–Kier alpha value is -0.360. The summed E-state index contributed by atoms with van der Waals surface area (Å²) in [5, 5.41) is 0. The van der Waals surface area contributed by atoms with Crippen molar-refractivity contribution in [2.24, 2.45) is 11.7 Å². The van der Waals surface area contributed by atoms with E-state index in [0.29, 0.717) is 12.0 Å². The first-order valence-electron chi connectivity index (χ1n) is 7.49. The van der Waals surface area contributed by atoms with E-state index < -0.39 is 0 Å². The van der Waals surface area contributed by atoms with Crippen LogP contribution >= 0.6 is 12.4 Å². The molecular weight excluding hydrogens is 278 g/mol. The van der Waals surface area contributed by atoms with Gasteiger partial charge in [-0.25, -0.2) is 0 Å². The molecule has 2 rings (SSSR count). The van der Waals surface area contributed by atoms with E-state index in [1.165, 1.54) is 0 Å². The minimum absolute atomic E-state index is 0. The molecule has 2 N–H and O–H groups in total. The molecule has 118 valence electrons. The highest BCUT2D eigenvalue weighted by molar-refractivity contribution is 5.85. The van der Waals surface area contributed by atoms with Gasteiger partial charge in [0.05, 0.1) is 19.3 Å². The second-order valence-corrected chi connectivity index (χ2v) is 5.83. The number of halogens is 1. The summed E-state index contributed by atoms with van der Waals surface area (Å²) in [6, 6.07) is 0.155. The van der Waals surface area contributed by atoms with E-state index in [9.17, 15) is 4.79 Å². The Labute approximate surface area is 128 Å². The number of hydrogen-bond acceptors (Lipinski definition) is 4. The Bertz CT molecular complexity index is 311. The Morgan fingerprint density at radius 2 is 2.00 bits per heavy atom. The Morgan fingerprint density at radius 1 is 1.35 bits per heavy atom. The first-order valence-corrected chi connectivity index (χ1v) is 7.49. The van der Waals surface area contributed by atoms with Gasteiger partial charge >= 0.3 is 0 Å². The molecule has 0 bridgehead atoms. The highest BCUT2D eigenvalue weighted by Crippen LogP contribution is 2.23. The number of morpholine rings is 1. The zero-order valence-corrected chi connectivity index (χ0v) is 13.4.